The summed E-state index contributed by atoms with van der Waals surface area (Å²) < 4.78 is 45.8. The Morgan fingerprint density at radius 1 is 1.10 bits per heavy atom. The molecule has 0 bridgehead atoms. The molecule has 0 unspecified atom stereocenters. The van der Waals surface area contributed by atoms with E-state index < -0.39 is 12.0 Å². The molecular formula is C20H27F3N2O4. The molecule has 6 nitrogen and oxygen atoms in total. The van der Waals surface area contributed by atoms with Gasteiger partial charge in [0.15, 0.2) is 0 Å². The second-order valence-corrected chi connectivity index (χ2v) is 8.13. The quantitative estimate of drug-likeness (QED) is 0.739. The monoisotopic (exact) mass is 416 g/mol. The predicted molar refractivity (Wildman–Crippen MR) is 100 cm³/mol. The number of alkyl halides is 3. The average Bonchev–Trinajstić information content (AvgIpc) is 2.60. The number of carbonyl (C=O) groups is 2. The van der Waals surface area contributed by atoms with E-state index in [1.54, 1.807) is 37.6 Å². The van der Waals surface area contributed by atoms with E-state index in [2.05, 4.69) is 4.74 Å². The number of hydrogen-bond acceptors (Lipinski definition) is 4. The fourth-order valence-electron chi connectivity index (χ4n) is 3.10. The van der Waals surface area contributed by atoms with Crippen molar-refractivity contribution in [3.63, 3.8) is 0 Å². The van der Waals surface area contributed by atoms with Gasteiger partial charge in [-0.1, -0.05) is 12.1 Å². The van der Waals surface area contributed by atoms with Crippen LogP contribution in [0.25, 0.3) is 0 Å². The van der Waals surface area contributed by atoms with E-state index in [9.17, 15) is 22.8 Å². The molecule has 1 saturated heterocycles. The van der Waals surface area contributed by atoms with Crippen LogP contribution in [0.2, 0.25) is 0 Å². The number of likely N-dealkylation sites (tertiary alicyclic amines) is 1. The molecule has 2 rings (SSSR count). The van der Waals surface area contributed by atoms with Crippen LogP contribution in [0.3, 0.4) is 0 Å². The van der Waals surface area contributed by atoms with Gasteiger partial charge in [-0.3, -0.25) is 4.79 Å². The molecule has 1 aromatic rings. The second-order valence-electron chi connectivity index (χ2n) is 8.13. The SMILES string of the molecule is CN(Cc1ccc(OC(F)(F)F)cc1)C(=O)C1CCN(C(=O)OC(C)(C)C)CC1. The lowest BCUT2D eigenvalue weighted by Crippen LogP contribution is -2.45. The molecule has 1 fully saturated rings. The van der Waals surface area contributed by atoms with Crippen molar-refractivity contribution in [2.45, 2.75) is 52.1 Å². The van der Waals surface area contributed by atoms with Gasteiger partial charge in [0.1, 0.15) is 11.4 Å². The number of amides is 2. The Balaban J connectivity index is 1.84. The molecule has 1 heterocycles. The smallest absolute Gasteiger partial charge is 0.444 e. The molecule has 0 aliphatic carbocycles. The summed E-state index contributed by atoms with van der Waals surface area (Å²) >= 11 is 0. The lowest BCUT2D eigenvalue weighted by Gasteiger charge is -2.34. The Bertz CT molecular complexity index is 706. The van der Waals surface area contributed by atoms with Crippen molar-refractivity contribution in [3.8, 4) is 5.75 Å². The van der Waals surface area contributed by atoms with Crippen molar-refractivity contribution in [3.05, 3.63) is 29.8 Å². The molecule has 162 valence electrons. The summed E-state index contributed by atoms with van der Waals surface area (Å²) in [5.74, 6) is -0.555. The fraction of sp³-hybridized carbons (Fsp3) is 0.600. The van der Waals surface area contributed by atoms with Crippen LogP contribution in [0.4, 0.5) is 18.0 Å². The van der Waals surface area contributed by atoms with Crippen molar-refractivity contribution >= 4 is 12.0 Å². The Hall–Kier alpha value is -2.45. The first kappa shape index (κ1) is 22.8. The zero-order valence-electron chi connectivity index (χ0n) is 17.1. The summed E-state index contributed by atoms with van der Waals surface area (Å²) in [7, 11) is 1.66. The van der Waals surface area contributed by atoms with E-state index in [4.69, 9.17) is 4.74 Å². The average molecular weight is 416 g/mol. The highest BCUT2D eigenvalue weighted by Crippen LogP contribution is 2.24. The standard InChI is InChI=1S/C20H27F3N2O4/c1-19(2,3)29-18(27)25-11-9-15(10-12-25)17(26)24(4)13-14-5-7-16(8-6-14)28-20(21,22)23/h5-8,15H,9-13H2,1-4H3. The Morgan fingerprint density at radius 3 is 2.14 bits per heavy atom. The number of nitrogens with zero attached hydrogens (tertiary/aromatic N) is 2. The normalized spacial score (nSPS) is 15.8. The summed E-state index contributed by atoms with van der Waals surface area (Å²) in [6, 6.07) is 5.44. The fourth-order valence-corrected chi connectivity index (χ4v) is 3.10. The van der Waals surface area contributed by atoms with Crippen LogP contribution in [-0.4, -0.2) is 53.9 Å². The maximum absolute atomic E-state index is 12.7. The highest BCUT2D eigenvalue weighted by Gasteiger charge is 2.32. The topological polar surface area (TPSA) is 59.1 Å². The molecule has 0 spiro atoms. The summed E-state index contributed by atoms with van der Waals surface area (Å²) in [6.45, 7) is 6.58. The van der Waals surface area contributed by atoms with Gasteiger partial charge in [-0.15, -0.1) is 13.2 Å². The first-order valence-electron chi connectivity index (χ1n) is 9.41. The first-order valence-corrected chi connectivity index (χ1v) is 9.41. The van der Waals surface area contributed by atoms with Crippen molar-refractivity contribution in [1.29, 1.82) is 0 Å². The molecule has 1 aliphatic heterocycles. The van der Waals surface area contributed by atoms with Crippen molar-refractivity contribution in [2.75, 3.05) is 20.1 Å². The van der Waals surface area contributed by atoms with Gasteiger partial charge in [0.2, 0.25) is 5.91 Å². The summed E-state index contributed by atoms with van der Waals surface area (Å²) in [5.41, 5.74) is 0.131. The summed E-state index contributed by atoms with van der Waals surface area (Å²) in [4.78, 5) is 27.9. The lowest BCUT2D eigenvalue weighted by molar-refractivity contribution is -0.274. The molecule has 0 radical (unpaired) electrons. The Morgan fingerprint density at radius 2 is 1.66 bits per heavy atom. The Kier molecular flexibility index (Phi) is 7.02. The minimum absolute atomic E-state index is 0.0514. The van der Waals surface area contributed by atoms with E-state index in [-0.39, 0.29) is 30.2 Å². The lowest BCUT2D eigenvalue weighted by atomic mass is 9.95. The zero-order valence-corrected chi connectivity index (χ0v) is 17.1. The van der Waals surface area contributed by atoms with Gasteiger partial charge in [-0.25, -0.2) is 4.79 Å². The largest absolute Gasteiger partial charge is 0.573 e. The molecule has 2 amide bonds. The molecule has 0 atom stereocenters. The van der Waals surface area contributed by atoms with Crippen LogP contribution >= 0.6 is 0 Å². The zero-order chi connectivity index (χ0) is 21.8. The minimum atomic E-state index is -4.73. The third kappa shape index (κ3) is 7.47. The van der Waals surface area contributed by atoms with Crippen molar-refractivity contribution in [1.82, 2.24) is 9.80 Å². The third-order valence-corrected chi connectivity index (χ3v) is 4.45. The highest BCUT2D eigenvalue weighted by atomic mass is 19.4. The van der Waals surface area contributed by atoms with E-state index >= 15 is 0 Å². The molecule has 0 saturated carbocycles. The number of benzene rings is 1. The van der Waals surface area contributed by atoms with Gasteiger partial charge in [-0.05, 0) is 51.3 Å². The van der Waals surface area contributed by atoms with Gasteiger partial charge >= 0.3 is 12.5 Å². The molecule has 29 heavy (non-hydrogen) atoms. The van der Waals surface area contributed by atoms with Crippen LogP contribution in [0.15, 0.2) is 24.3 Å². The van der Waals surface area contributed by atoms with E-state index in [0.29, 0.717) is 31.5 Å². The Labute approximate surface area is 168 Å². The van der Waals surface area contributed by atoms with Crippen LogP contribution < -0.4 is 4.74 Å². The van der Waals surface area contributed by atoms with E-state index in [0.717, 1.165) is 0 Å². The summed E-state index contributed by atoms with van der Waals surface area (Å²) in [5, 5.41) is 0. The minimum Gasteiger partial charge on any atom is -0.444 e. The van der Waals surface area contributed by atoms with Gasteiger partial charge in [0.05, 0.1) is 0 Å². The molecule has 1 aliphatic rings. The van der Waals surface area contributed by atoms with Gasteiger partial charge in [0, 0.05) is 32.6 Å². The number of piperidine rings is 1. The van der Waals surface area contributed by atoms with E-state index in [1.165, 1.54) is 24.3 Å². The van der Waals surface area contributed by atoms with Crippen LogP contribution in [-0.2, 0) is 16.1 Å². The van der Waals surface area contributed by atoms with Crippen LogP contribution in [0, 0.1) is 5.92 Å². The van der Waals surface area contributed by atoms with Gasteiger partial charge < -0.3 is 19.3 Å². The summed E-state index contributed by atoms with van der Waals surface area (Å²) in [6.07, 6.45) is -4.03. The molecule has 9 heteroatoms. The molecule has 1 aromatic carbocycles. The van der Waals surface area contributed by atoms with Crippen LogP contribution in [0.5, 0.6) is 5.75 Å². The maximum atomic E-state index is 12.7. The number of rotatable bonds is 4. The third-order valence-electron chi connectivity index (χ3n) is 4.45. The second kappa shape index (κ2) is 8.92. The van der Waals surface area contributed by atoms with Crippen molar-refractivity contribution < 1.29 is 32.2 Å². The number of hydrogen-bond donors (Lipinski definition) is 0. The highest BCUT2D eigenvalue weighted by molar-refractivity contribution is 5.79. The van der Waals surface area contributed by atoms with E-state index in [1.807, 2.05) is 0 Å². The molecular weight excluding hydrogens is 389 g/mol. The number of halogens is 3. The number of ether oxygens (including phenoxy) is 2. The van der Waals surface area contributed by atoms with Crippen molar-refractivity contribution in [2.24, 2.45) is 5.92 Å². The van der Waals surface area contributed by atoms with Crippen LogP contribution in [0.1, 0.15) is 39.2 Å². The molecule has 0 aromatic heterocycles. The number of carbonyl (C=O) groups excluding carboxylic acids is 2. The van der Waals surface area contributed by atoms with Gasteiger partial charge in [-0.2, -0.15) is 0 Å². The predicted octanol–water partition coefficient (Wildman–Crippen LogP) is 4.19. The maximum Gasteiger partial charge on any atom is 0.573 e. The molecule has 0 N–H and O–H groups in total. The first-order chi connectivity index (χ1) is 13.3. The van der Waals surface area contributed by atoms with Gasteiger partial charge in [0.25, 0.3) is 0 Å².